The summed E-state index contributed by atoms with van der Waals surface area (Å²) in [5.74, 6) is -0.0533. The first kappa shape index (κ1) is 18.4. The van der Waals surface area contributed by atoms with Gasteiger partial charge >= 0.3 is 0 Å². The van der Waals surface area contributed by atoms with E-state index < -0.39 is 10.0 Å². The Morgan fingerprint density at radius 3 is 2.72 bits per heavy atom. The minimum Gasteiger partial charge on any atom is -0.351 e. The summed E-state index contributed by atoms with van der Waals surface area (Å²) < 4.78 is 28.0. The molecule has 0 unspecified atom stereocenters. The van der Waals surface area contributed by atoms with E-state index in [4.69, 9.17) is 0 Å². The highest BCUT2D eigenvalue weighted by molar-refractivity contribution is 8.01. The summed E-state index contributed by atoms with van der Waals surface area (Å²) in [4.78, 5) is 13.3. The number of nitrogens with one attached hydrogen (secondary N) is 1. The molecule has 2 heterocycles. The van der Waals surface area contributed by atoms with Gasteiger partial charge in [0.2, 0.25) is 15.9 Å². The maximum atomic E-state index is 12.7. The highest BCUT2D eigenvalue weighted by Gasteiger charge is 2.27. The van der Waals surface area contributed by atoms with Crippen LogP contribution in [-0.2, 0) is 21.4 Å². The standard InChI is InChI=1S/C17H20N2O3S3/c1-13(20)18-12-15-7-8-17(24-15)23-14-5-4-6-16(11-14)25(21,22)19-9-2-3-10-19/h4-8,11H,2-3,9-10,12H2,1H3,(H,18,20). The van der Waals surface area contributed by atoms with Gasteiger partial charge in [0.1, 0.15) is 0 Å². The number of carbonyl (C=O) groups is 1. The van der Waals surface area contributed by atoms with Gasteiger partial charge in [-0.05, 0) is 43.2 Å². The molecule has 1 aliphatic rings. The zero-order valence-corrected chi connectivity index (χ0v) is 16.3. The second-order valence-electron chi connectivity index (χ2n) is 5.82. The molecule has 0 radical (unpaired) electrons. The van der Waals surface area contributed by atoms with Crippen LogP contribution in [0.1, 0.15) is 24.6 Å². The SMILES string of the molecule is CC(=O)NCc1ccc(Sc2cccc(S(=O)(=O)N3CCCC3)c2)s1. The third-order valence-electron chi connectivity index (χ3n) is 3.88. The van der Waals surface area contributed by atoms with Crippen LogP contribution in [0.15, 0.2) is 50.4 Å². The summed E-state index contributed by atoms with van der Waals surface area (Å²) in [6.45, 7) is 3.23. The summed E-state index contributed by atoms with van der Waals surface area (Å²) >= 11 is 3.14. The number of nitrogens with zero attached hydrogens (tertiary/aromatic N) is 1. The number of amides is 1. The first-order valence-electron chi connectivity index (χ1n) is 8.06. The minimum absolute atomic E-state index is 0.0533. The van der Waals surface area contributed by atoms with E-state index in [1.807, 2.05) is 18.2 Å². The summed E-state index contributed by atoms with van der Waals surface area (Å²) in [6, 6.07) is 11.1. The monoisotopic (exact) mass is 396 g/mol. The van der Waals surface area contributed by atoms with Gasteiger partial charge in [0, 0.05) is 29.8 Å². The van der Waals surface area contributed by atoms with Crippen molar-refractivity contribution in [2.45, 2.75) is 40.3 Å². The molecule has 1 fully saturated rings. The highest BCUT2D eigenvalue weighted by atomic mass is 32.2. The lowest BCUT2D eigenvalue weighted by molar-refractivity contribution is -0.119. The van der Waals surface area contributed by atoms with Crippen LogP contribution in [0.2, 0.25) is 0 Å². The van der Waals surface area contributed by atoms with Crippen LogP contribution < -0.4 is 5.32 Å². The van der Waals surface area contributed by atoms with Crippen molar-refractivity contribution in [3.8, 4) is 0 Å². The lowest BCUT2D eigenvalue weighted by atomic mass is 10.4. The van der Waals surface area contributed by atoms with E-state index in [1.54, 1.807) is 33.8 Å². The fraction of sp³-hybridized carbons (Fsp3) is 0.353. The fourth-order valence-corrected chi connectivity index (χ4v) is 6.40. The average molecular weight is 397 g/mol. The lowest BCUT2D eigenvalue weighted by Gasteiger charge is -2.15. The van der Waals surface area contributed by atoms with Crippen LogP contribution in [0.3, 0.4) is 0 Å². The normalized spacial score (nSPS) is 15.4. The molecule has 1 aromatic heterocycles. The number of sulfonamides is 1. The molecule has 0 saturated carbocycles. The van der Waals surface area contributed by atoms with Crippen molar-refractivity contribution in [3.05, 3.63) is 41.3 Å². The number of hydrogen-bond acceptors (Lipinski definition) is 5. The molecule has 1 aromatic carbocycles. The molecule has 0 spiro atoms. The molecule has 3 rings (SSSR count). The Bertz CT molecular complexity index is 856. The first-order chi connectivity index (χ1) is 11.9. The molecule has 8 heteroatoms. The Hall–Kier alpha value is -1.35. The molecule has 5 nitrogen and oxygen atoms in total. The van der Waals surface area contributed by atoms with Gasteiger partial charge in [-0.1, -0.05) is 17.8 Å². The third kappa shape index (κ3) is 4.63. The van der Waals surface area contributed by atoms with E-state index in [1.165, 1.54) is 18.7 Å². The van der Waals surface area contributed by atoms with Crippen LogP contribution in [0, 0.1) is 0 Å². The predicted octanol–water partition coefficient (Wildman–Crippen LogP) is 3.32. The average Bonchev–Trinajstić information content (AvgIpc) is 3.25. The summed E-state index contributed by atoms with van der Waals surface area (Å²) in [5.41, 5.74) is 0. The number of thiophene rings is 1. The highest BCUT2D eigenvalue weighted by Crippen LogP contribution is 2.35. The summed E-state index contributed by atoms with van der Waals surface area (Å²) in [5, 5.41) is 2.78. The molecule has 1 N–H and O–H groups in total. The van der Waals surface area contributed by atoms with Crippen LogP contribution in [-0.4, -0.2) is 31.7 Å². The van der Waals surface area contributed by atoms with Crippen molar-refractivity contribution < 1.29 is 13.2 Å². The van der Waals surface area contributed by atoms with E-state index in [0.29, 0.717) is 24.5 Å². The lowest BCUT2D eigenvalue weighted by Crippen LogP contribution is -2.27. The van der Waals surface area contributed by atoms with Gasteiger partial charge in [-0.15, -0.1) is 11.3 Å². The second-order valence-corrected chi connectivity index (χ2v) is 10.3. The Labute approximate surface area is 156 Å². The van der Waals surface area contributed by atoms with Gasteiger partial charge in [-0.2, -0.15) is 4.31 Å². The maximum absolute atomic E-state index is 12.7. The Balaban J connectivity index is 1.73. The zero-order valence-electron chi connectivity index (χ0n) is 13.9. The number of carbonyl (C=O) groups excluding carboxylic acids is 1. The molecule has 2 aromatic rings. The molecule has 0 aliphatic carbocycles. The van der Waals surface area contributed by atoms with Gasteiger partial charge < -0.3 is 5.32 Å². The molecule has 0 atom stereocenters. The largest absolute Gasteiger partial charge is 0.351 e. The molecule has 1 saturated heterocycles. The Kier molecular flexibility index (Phi) is 5.83. The molecular formula is C17H20N2O3S3. The smallest absolute Gasteiger partial charge is 0.243 e. The molecule has 25 heavy (non-hydrogen) atoms. The van der Waals surface area contributed by atoms with Crippen molar-refractivity contribution in [1.29, 1.82) is 0 Å². The number of hydrogen-bond donors (Lipinski definition) is 1. The van der Waals surface area contributed by atoms with Gasteiger partial charge in [0.15, 0.2) is 0 Å². The van der Waals surface area contributed by atoms with E-state index in [0.717, 1.165) is 26.8 Å². The second kappa shape index (κ2) is 7.90. The molecule has 134 valence electrons. The topological polar surface area (TPSA) is 66.5 Å². The third-order valence-corrected chi connectivity index (χ3v) is 7.98. The Morgan fingerprint density at radius 1 is 1.24 bits per heavy atom. The van der Waals surface area contributed by atoms with Crippen LogP contribution in [0.25, 0.3) is 0 Å². The van der Waals surface area contributed by atoms with Crippen molar-refractivity contribution in [1.82, 2.24) is 9.62 Å². The number of benzene rings is 1. The van der Waals surface area contributed by atoms with Gasteiger partial charge in [-0.25, -0.2) is 8.42 Å². The van der Waals surface area contributed by atoms with Crippen LogP contribution in [0.5, 0.6) is 0 Å². The van der Waals surface area contributed by atoms with Crippen molar-refractivity contribution >= 4 is 39.0 Å². The molecule has 1 aliphatic heterocycles. The number of rotatable bonds is 6. The van der Waals surface area contributed by atoms with Gasteiger partial charge in [0.25, 0.3) is 0 Å². The minimum atomic E-state index is -3.39. The predicted molar refractivity (Wildman–Crippen MR) is 100 cm³/mol. The quantitative estimate of drug-likeness (QED) is 0.813. The fourth-order valence-electron chi connectivity index (χ4n) is 2.61. The van der Waals surface area contributed by atoms with Crippen molar-refractivity contribution in [2.24, 2.45) is 0 Å². The van der Waals surface area contributed by atoms with Crippen LogP contribution in [0.4, 0.5) is 0 Å². The van der Waals surface area contributed by atoms with Crippen LogP contribution >= 0.6 is 23.1 Å². The zero-order chi connectivity index (χ0) is 17.9. The molecule has 1 amide bonds. The van der Waals surface area contributed by atoms with E-state index >= 15 is 0 Å². The van der Waals surface area contributed by atoms with E-state index in [9.17, 15) is 13.2 Å². The van der Waals surface area contributed by atoms with Gasteiger partial charge in [-0.3, -0.25) is 4.79 Å². The maximum Gasteiger partial charge on any atom is 0.243 e. The molecule has 0 bridgehead atoms. The van der Waals surface area contributed by atoms with Gasteiger partial charge in [0.05, 0.1) is 15.6 Å². The van der Waals surface area contributed by atoms with E-state index in [-0.39, 0.29) is 5.91 Å². The van der Waals surface area contributed by atoms with Crippen molar-refractivity contribution in [2.75, 3.05) is 13.1 Å². The summed E-state index contributed by atoms with van der Waals surface area (Å²) in [7, 11) is -3.39. The molecular weight excluding hydrogens is 376 g/mol. The van der Waals surface area contributed by atoms with Crippen molar-refractivity contribution in [3.63, 3.8) is 0 Å². The van der Waals surface area contributed by atoms with E-state index in [2.05, 4.69) is 5.32 Å². The first-order valence-corrected chi connectivity index (χ1v) is 11.1. The Morgan fingerprint density at radius 2 is 2.00 bits per heavy atom. The summed E-state index contributed by atoms with van der Waals surface area (Å²) in [6.07, 6.45) is 1.86.